The fourth-order valence-electron chi connectivity index (χ4n) is 3.14. The Morgan fingerprint density at radius 1 is 1.12 bits per heavy atom. The molecule has 0 heterocycles. The van der Waals surface area contributed by atoms with E-state index in [1.165, 1.54) is 45.1 Å². The molecule has 1 unspecified atom stereocenters. The second-order valence-electron chi connectivity index (χ2n) is 5.89. The number of hydrogen-bond acceptors (Lipinski definition) is 2. The Kier molecular flexibility index (Phi) is 6.37. The van der Waals surface area contributed by atoms with Gasteiger partial charge in [0, 0.05) is 19.1 Å². The molecule has 1 atom stereocenters. The molecule has 1 aliphatic carbocycles. The zero-order chi connectivity index (χ0) is 12.0. The fraction of sp³-hybridized carbons (Fsp3) is 1.00. The highest BCUT2D eigenvalue weighted by molar-refractivity contribution is 4.80. The van der Waals surface area contributed by atoms with Gasteiger partial charge in [0.2, 0.25) is 0 Å². The summed E-state index contributed by atoms with van der Waals surface area (Å²) in [5.41, 5.74) is 5.99. The maximum Gasteiger partial charge on any atom is 0.0243 e. The highest BCUT2D eigenvalue weighted by atomic mass is 15.1. The third-order valence-electron chi connectivity index (χ3n) is 3.90. The van der Waals surface area contributed by atoms with Crippen LogP contribution in [0.25, 0.3) is 0 Å². The molecule has 1 rings (SSSR count). The summed E-state index contributed by atoms with van der Waals surface area (Å²) in [6, 6.07) is 0.612. The molecule has 0 aromatic heterocycles. The molecule has 16 heavy (non-hydrogen) atoms. The van der Waals surface area contributed by atoms with Crippen molar-refractivity contribution in [1.29, 1.82) is 0 Å². The minimum absolute atomic E-state index is 0.612. The lowest BCUT2D eigenvalue weighted by atomic mass is 9.90. The quantitative estimate of drug-likeness (QED) is 0.730. The second-order valence-corrected chi connectivity index (χ2v) is 5.89. The van der Waals surface area contributed by atoms with Gasteiger partial charge in [0.25, 0.3) is 0 Å². The molecule has 2 N–H and O–H groups in total. The SMILES string of the molecule is CC(C)CN(C)C(CN)C1CCCCCC1. The maximum absolute atomic E-state index is 5.99. The molecule has 0 amide bonds. The van der Waals surface area contributed by atoms with Crippen molar-refractivity contribution in [2.45, 2.75) is 58.4 Å². The van der Waals surface area contributed by atoms with Crippen LogP contribution < -0.4 is 5.73 Å². The molecule has 2 nitrogen and oxygen atoms in total. The molecule has 0 bridgehead atoms. The lowest BCUT2D eigenvalue weighted by Gasteiger charge is -2.34. The van der Waals surface area contributed by atoms with Gasteiger partial charge in [-0.05, 0) is 31.7 Å². The Morgan fingerprint density at radius 2 is 1.69 bits per heavy atom. The first-order valence-corrected chi connectivity index (χ1v) is 7.05. The summed E-state index contributed by atoms with van der Waals surface area (Å²) in [4.78, 5) is 2.50. The van der Waals surface area contributed by atoms with Gasteiger partial charge in [-0.2, -0.15) is 0 Å². The van der Waals surface area contributed by atoms with Crippen LogP contribution in [0.15, 0.2) is 0 Å². The van der Waals surface area contributed by atoms with Gasteiger partial charge in [-0.15, -0.1) is 0 Å². The van der Waals surface area contributed by atoms with E-state index in [0.29, 0.717) is 6.04 Å². The minimum atomic E-state index is 0.612. The van der Waals surface area contributed by atoms with Crippen LogP contribution in [0.3, 0.4) is 0 Å². The molecule has 0 aromatic carbocycles. The third kappa shape index (κ3) is 4.42. The summed E-state index contributed by atoms with van der Waals surface area (Å²) in [6.07, 6.45) is 8.48. The highest BCUT2D eigenvalue weighted by Gasteiger charge is 2.25. The summed E-state index contributed by atoms with van der Waals surface area (Å²) >= 11 is 0. The maximum atomic E-state index is 5.99. The number of rotatable bonds is 5. The Balaban J connectivity index is 2.49. The number of nitrogens with zero attached hydrogens (tertiary/aromatic N) is 1. The standard InChI is InChI=1S/C14H30N2/c1-12(2)11-16(3)14(10-15)13-8-6-4-5-7-9-13/h12-14H,4-11,15H2,1-3H3. The number of hydrogen-bond donors (Lipinski definition) is 1. The van der Waals surface area contributed by atoms with E-state index < -0.39 is 0 Å². The molecule has 1 fully saturated rings. The zero-order valence-electron chi connectivity index (χ0n) is 11.4. The Morgan fingerprint density at radius 3 is 2.12 bits per heavy atom. The van der Waals surface area contributed by atoms with Crippen molar-refractivity contribution in [3.8, 4) is 0 Å². The summed E-state index contributed by atoms with van der Waals surface area (Å²) in [5, 5.41) is 0. The molecular formula is C14H30N2. The van der Waals surface area contributed by atoms with Gasteiger partial charge in [0.05, 0.1) is 0 Å². The Hall–Kier alpha value is -0.0800. The smallest absolute Gasteiger partial charge is 0.0243 e. The van der Waals surface area contributed by atoms with Crippen molar-refractivity contribution in [1.82, 2.24) is 4.90 Å². The monoisotopic (exact) mass is 226 g/mol. The Labute approximate surface area is 102 Å². The van der Waals surface area contributed by atoms with Gasteiger partial charge in [-0.1, -0.05) is 39.5 Å². The molecule has 96 valence electrons. The second kappa shape index (κ2) is 7.29. The van der Waals surface area contributed by atoms with Crippen molar-refractivity contribution in [2.24, 2.45) is 17.6 Å². The zero-order valence-corrected chi connectivity index (χ0v) is 11.4. The van der Waals surface area contributed by atoms with E-state index in [0.717, 1.165) is 18.4 Å². The number of likely N-dealkylation sites (N-methyl/N-ethyl adjacent to an activating group) is 1. The normalized spacial score (nSPS) is 21.4. The van der Waals surface area contributed by atoms with Crippen LogP contribution in [0, 0.1) is 11.8 Å². The molecule has 2 heteroatoms. The Bertz CT molecular complexity index is 172. The van der Waals surface area contributed by atoms with Gasteiger partial charge in [-0.25, -0.2) is 0 Å². The predicted molar refractivity (Wildman–Crippen MR) is 71.5 cm³/mol. The fourth-order valence-corrected chi connectivity index (χ4v) is 3.14. The lowest BCUT2D eigenvalue weighted by Crippen LogP contribution is -2.44. The molecule has 0 spiro atoms. The van der Waals surface area contributed by atoms with Crippen LogP contribution in [0.2, 0.25) is 0 Å². The van der Waals surface area contributed by atoms with E-state index in [1.54, 1.807) is 0 Å². The largest absolute Gasteiger partial charge is 0.329 e. The van der Waals surface area contributed by atoms with Crippen molar-refractivity contribution in [3.63, 3.8) is 0 Å². The summed E-state index contributed by atoms with van der Waals surface area (Å²) in [7, 11) is 2.25. The van der Waals surface area contributed by atoms with Crippen LogP contribution in [0.4, 0.5) is 0 Å². The molecule has 1 saturated carbocycles. The lowest BCUT2D eigenvalue weighted by molar-refractivity contribution is 0.152. The third-order valence-corrected chi connectivity index (χ3v) is 3.90. The van der Waals surface area contributed by atoms with Gasteiger partial charge in [0.15, 0.2) is 0 Å². The van der Waals surface area contributed by atoms with Crippen LogP contribution in [0.5, 0.6) is 0 Å². The van der Waals surface area contributed by atoms with Crippen molar-refractivity contribution >= 4 is 0 Å². The van der Waals surface area contributed by atoms with Gasteiger partial charge < -0.3 is 10.6 Å². The minimum Gasteiger partial charge on any atom is -0.329 e. The summed E-state index contributed by atoms with van der Waals surface area (Å²) in [5.74, 6) is 1.58. The van der Waals surface area contributed by atoms with E-state index in [9.17, 15) is 0 Å². The van der Waals surface area contributed by atoms with E-state index >= 15 is 0 Å². The van der Waals surface area contributed by atoms with Crippen molar-refractivity contribution in [3.05, 3.63) is 0 Å². The van der Waals surface area contributed by atoms with Crippen molar-refractivity contribution < 1.29 is 0 Å². The number of nitrogens with two attached hydrogens (primary N) is 1. The molecule has 0 aliphatic heterocycles. The summed E-state index contributed by atoms with van der Waals surface area (Å²) < 4.78 is 0. The first-order chi connectivity index (χ1) is 7.65. The van der Waals surface area contributed by atoms with Gasteiger partial charge in [-0.3, -0.25) is 0 Å². The van der Waals surface area contributed by atoms with E-state index in [4.69, 9.17) is 5.73 Å². The average molecular weight is 226 g/mol. The van der Waals surface area contributed by atoms with Crippen molar-refractivity contribution in [2.75, 3.05) is 20.1 Å². The molecule has 1 aliphatic rings. The van der Waals surface area contributed by atoms with Crippen LogP contribution >= 0.6 is 0 Å². The first kappa shape index (κ1) is 14.0. The van der Waals surface area contributed by atoms with E-state index in [1.807, 2.05) is 0 Å². The topological polar surface area (TPSA) is 29.3 Å². The molecular weight excluding hydrogens is 196 g/mol. The van der Waals surface area contributed by atoms with Crippen LogP contribution in [-0.4, -0.2) is 31.1 Å². The van der Waals surface area contributed by atoms with Gasteiger partial charge in [0.1, 0.15) is 0 Å². The van der Waals surface area contributed by atoms with Crippen LogP contribution in [-0.2, 0) is 0 Å². The van der Waals surface area contributed by atoms with E-state index in [-0.39, 0.29) is 0 Å². The molecule has 0 saturated heterocycles. The van der Waals surface area contributed by atoms with E-state index in [2.05, 4.69) is 25.8 Å². The molecule has 0 radical (unpaired) electrons. The highest BCUT2D eigenvalue weighted by Crippen LogP contribution is 2.27. The molecule has 0 aromatic rings. The predicted octanol–water partition coefficient (Wildman–Crippen LogP) is 2.87. The van der Waals surface area contributed by atoms with Crippen LogP contribution in [0.1, 0.15) is 52.4 Å². The van der Waals surface area contributed by atoms with Gasteiger partial charge >= 0.3 is 0 Å². The average Bonchev–Trinajstić information content (AvgIpc) is 2.46. The summed E-state index contributed by atoms with van der Waals surface area (Å²) in [6.45, 7) is 6.58. The first-order valence-electron chi connectivity index (χ1n) is 7.05.